The lowest BCUT2D eigenvalue weighted by molar-refractivity contribution is -0.171. The fraction of sp³-hybridized carbons (Fsp3) is 0.478. The lowest BCUT2D eigenvalue weighted by atomic mass is 9.51. The Bertz CT molecular complexity index is 1020. The van der Waals surface area contributed by atoms with Crippen molar-refractivity contribution in [2.45, 2.75) is 50.4 Å². The Balaban J connectivity index is 1.79. The average molecular weight is 415 g/mol. The molecule has 5 nitrogen and oxygen atoms in total. The molecule has 0 radical (unpaired) electrons. The maximum atomic E-state index is 13.6. The molecule has 0 amide bonds. The molecule has 4 unspecified atom stereocenters. The molecule has 2 aliphatic heterocycles. The minimum Gasteiger partial charge on any atom is -0.507 e. The van der Waals surface area contributed by atoms with E-state index in [1.807, 2.05) is 26.8 Å². The molecular formula is C23H23ClO5. The molecule has 4 atom stereocenters. The number of rotatable bonds is 3. The Kier molecular flexibility index (Phi) is 3.73. The first kappa shape index (κ1) is 18.9. The largest absolute Gasteiger partial charge is 0.507 e. The van der Waals surface area contributed by atoms with E-state index in [0.29, 0.717) is 30.0 Å². The highest BCUT2D eigenvalue weighted by Crippen LogP contribution is 2.67. The van der Waals surface area contributed by atoms with Crippen LogP contribution in [0.2, 0.25) is 0 Å². The van der Waals surface area contributed by atoms with Gasteiger partial charge in [-0.1, -0.05) is 23.8 Å². The molecule has 2 fully saturated rings. The zero-order chi connectivity index (χ0) is 20.8. The van der Waals surface area contributed by atoms with Crippen molar-refractivity contribution >= 4 is 23.2 Å². The Morgan fingerprint density at radius 1 is 1.34 bits per heavy atom. The summed E-state index contributed by atoms with van der Waals surface area (Å²) in [5, 5.41) is 10.3. The fourth-order valence-electron chi connectivity index (χ4n) is 5.84. The van der Waals surface area contributed by atoms with E-state index in [1.165, 1.54) is 6.07 Å². The summed E-state index contributed by atoms with van der Waals surface area (Å²) in [6.07, 6.45) is 4.54. The second-order valence-corrected chi connectivity index (χ2v) is 9.34. The smallest absolute Gasteiger partial charge is 0.200 e. The van der Waals surface area contributed by atoms with Crippen LogP contribution in [-0.4, -0.2) is 39.4 Å². The number of fused-ring (bicyclic) bond motifs is 1. The third kappa shape index (κ3) is 2.10. The predicted octanol–water partition coefficient (Wildman–Crippen LogP) is 3.97. The highest BCUT2D eigenvalue weighted by atomic mass is 35.5. The molecule has 1 saturated heterocycles. The van der Waals surface area contributed by atoms with E-state index in [4.69, 9.17) is 21.1 Å². The van der Waals surface area contributed by atoms with Gasteiger partial charge in [-0.05, 0) is 39.3 Å². The molecule has 4 bridgehead atoms. The van der Waals surface area contributed by atoms with Crippen LogP contribution in [0.3, 0.4) is 0 Å². The Morgan fingerprint density at radius 3 is 2.83 bits per heavy atom. The topological polar surface area (TPSA) is 72.8 Å². The molecule has 2 heterocycles. The molecule has 0 aromatic heterocycles. The molecule has 152 valence electrons. The van der Waals surface area contributed by atoms with Gasteiger partial charge in [-0.25, -0.2) is 0 Å². The lowest BCUT2D eigenvalue weighted by Gasteiger charge is -2.56. The van der Waals surface area contributed by atoms with Gasteiger partial charge in [0.2, 0.25) is 0 Å². The summed E-state index contributed by atoms with van der Waals surface area (Å²) in [4.78, 5) is 27.1. The molecule has 1 N–H and O–H groups in total. The Morgan fingerprint density at radius 2 is 2.10 bits per heavy atom. The SMILES string of the molecule is C/C(=C\CC12OC(C)(C)C3CC(C=C4C(=O)c5c(O)cccc5OC431)C2=O)CCl. The predicted molar refractivity (Wildman–Crippen MR) is 107 cm³/mol. The zero-order valence-electron chi connectivity index (χ0n) is 16.6. The van der Waals surface area contributed by atoms with E-state index in [1.54, 1.807) is 18.2 Å². The summed E-state index contributed by atoms with van der Waals surface area (Å²) < 4.78 is 13.1. The second kappa shape index (κ2) is 5.73. The van der Waals surface area contributed by atoms with Crippen molar-refractivity contribution in [3.8, 4) is 11.5 Å². The lowest BCUT2D eigenvalue weighted by Crippen LogP contribution is -2.72. The van der Waals surface area contributed by atoms with E-state index in [9.17, 15) is 14.7 Å². The van der Waals surface area contributed by atoms with Crippen LogP contribution >= 0.6 is 11.6 Å². The normalized spacial score (nSPS) is 36.4. The van der Waals surface area contributed by atoms with Crippen LogP contribution in [0.4, 0.5) is 0 Å². The zero-order valence-corrected chi connectivity index (χ0v) is 17.4. The number of benzene rings is 1. The van der Waals surface area contributed by atoms with Crippen LogP contribution in [0.25, 0.3) is 0 Å². The second-order valence-electron chi connectivity index (χ2n) is 9.08. The monoisotopic (exact) mass is 414 g/mol. The fourth-order valence-corrected chi connectivity index (χ4v) is 5.95. The van der Waals surface area contributed by atoms with Gasteiger partial charge in [0.1, 0.15) is 17.1 Å². The third-order valence-corrected chi connectivity index (χ3v) is 7.48. The minimum atomic E-state index is -1.29. The minimum absolute atomic E-state index is 0.0434. The maximum Gasteiger partial charge on any atom is 0.200 e. The van der Waals surface area contributed by atoms with E-state index >= 15 is 0 Å². The van der Waals surface area contributed by atoms with Crippen molar-refractivity contribution in [2.24, 2.45) is 11.8 Å². The van der Waals surface area contributed by atoms with Crippen molar-refractivity contribution in [1.82, 2.24) is 0 Å². The first-order chi connectivity index (χ1) is 13.7. The van der Waals surface area contributed by atoms with Gasteiger partial charge in [0.25, 0.3) is 0 Å². The summed E-state index contributed by atoms with van der Waals surface area (Å²) >= 11 is 5.96. The van der Waals surface area contributed by atoms with Crippen LogP contribution in [0.1, 0.15) is 44.0 Å². The molecule has 1 saturated carbocycles. The molecular weight excluding hydrogens is 392 g/mol. The van der Waals surface area contributed by atoms with Crippen molar-refractivity contribution in [3.05, 3.63) is 47.1 Å². The summed E-state index contributed by atoms with van der Waals surface area (Å²) in [6.45, 7) is 5.83. The number of allylic oxidation sites excluding steroid dienone is 2. The highest BCUT2D eigenvalue weighted by molar-refractivity contribution is 6.19. The molecule has 1 aromatic carbocycles. The number of aromatic hydroxyl groups is 1. The van der Waals surface area contributed by atoms with Gasteiger partial charge in [0.15, 0.2) is 22.8 Å². The number of alkyl halides is 1. The van der Waals surface area contributed by atoms with Crippen molar-refractivity contribution < 1.29 is 24.2 Å². The van der Waals surface area contributed by atoms with Crippen molar-refractivity contribution in [2.75, 3.05) is 5.88 Å². The number of Topliss-reactive ketones (excluding diaryl/α,β-unsaturated/α-hetero) is 2. The van der Waals surface area contributed by atoms with Crippen LogP contribution in [0.15, 0.2) is 41.5 Å². The molecule has 1 aromatic rings. The van der Waals surface area contributed by atoms with E-state index in [-0.39, 0.29) is 28.8 Å². The number of halogens is 1. The van der Waals surface area contributed by atoms with Gasteiger partial charge >= 0.3 is 0 Å². The average Bonchev–Trinajstić information content (AvgIpc) is 2.83. The number of carbonyl (C=O) groups excluding carboxylic acids is 2. The molecule has 29 heavy (non-hydrogen) atoms. The molecule has 5 aliphatic rings. The molecule has 3 aliphatic carbocycles. The summed E-state index contributed by atoms with van der Waals surface area (Å²) in [5.41, 5.74) is -1.62. The van der Waals surface area contributed by atoms with Gasteiger partial charge in [0.05, 0.1) is 5.60 Å². The summed E-state index contributed by atoms with van der Waals surface area (Å²) in [6, 6.07) is 4.78. The standard InChI is InChI=1S/C23H23ClO5/c1-12(11-24)7-8-22-20(27)13-9-14-19(26)18-15(25)5-4-6-16(18)28-23(14,22)17(10-13)21(2,3)29-22/h4-7,9,13,17,25H,8,10-11H2,1-3H3/b12-7+. The molecule has 6 heteroatoms. The number of ketones is 2. The van der Waals surface area contributed by atoms with Crippen LogP contribution in [-0.2, 0) is 9.53 Å². The van der Waals surface area contributed by atoms with Crippen molar-refractivity contribution in [3.63, 3.8) is 0 Å². The number of phenolic OH excluding ortho intramolecular Hbond substituents is 1. The van der Waals surface area contributed by atoms with Gasteiger partial charge in [-0.3, -0.25) is 9.59 Å². The van der Waals surface area contributed by atoms with Gasteiger partial charge < -0.3 is 14.6 Å². The highest BCUT2D eigenvalue weighted by Gasteiger charge is 2.81. The molecule has 6 rings (SSSR count). The molecule has 1 spiro atoms. The number of carbonyl (C=O) groups is 2. The van der Waals surface area contributed by atoms with Gasteiger partial charge in [-0.2, -0.15) is 0 Å². The van der Waals surface area contributed by atoms with E-state index in [2.05, 4.69) is 0 Å². The van der Waals surface area contributed by atoms with Gasteiger partial charge in [0, 0.05) is 29.7 Å². The maximum absolute atomic E-state index is 13.6. The third-order valence-electron chi connectivity index (χ3n) is 7.06. The van der Waals surface area contributed by atoms with E-state index < -0.39 is 22.7 Å². The number of phenols is 1. The number of hydrogen-bond donors (Lipinski definition) is 1. The summed E-state index contributed by atoms with van der Waals surface area (Å²) in [7, 11) is 0. The van der Waals surface area contributed by atoms with Crippen LogP contribution in [0, 0.1) is 11.8 Å². The first-order valence-electron chi connectivity index (χ1n) is 9.92. The van der Waals surface area contributed by atoms with E-state index in [0.717, 1.165) is 5.57 Å². The van der Waals surface area contributed by atoms with Crippen LogP contribution < -0.4 is 4.74 Å². The quantitative estimate of drug-likeness (QED) is 0.598. The van der Waals surface area contributed by atoms with Crippen molar-refractivity contribution in [1.29, 1.82) is 0 Å². The Labute approximate surface area is 174 Å². The number of hydrogen-bond acceptors (Lipinski definition) is 5. The first-order valence-corrected chi connectivity index (χ1v) is 10.5. The summed E-state index contributed by atoms with van der Waals surface area (Å²) in [5.74, 6) is -0.352. The van der Waals surface area contributed by atoms with Crippen LogP contribution in [0.5, 0.6) is 11.5 Å². The Hall–Kier alpha value is -2.11. The van der Waals surface area contributed by atoms with Gasteiger partial charge in [-0.15, -0.1) is 11.6 Å². The number of ether oxygens (including phenoxy) is 2.